The second kappa shape index (κ2) is 7.39. The van der Waals surface area contributed by atoms with Gasteiger partial charge in [0.2, 0.25) is 0 Å². The Morgan fingerprint density at radius 1 is 0.824 bits per heavy atom. The Kier molecular flexibility index (Phi) is 6.52. The zero-order chi connectivity index (χ0) is 12.7. The van der Waals surface area contributed by atoms with Crippen molar-refractivity contribution in [3.63, 3.8) is 0 Å². The van der Waals surface area contributed by atoms with Gasteiger partial charge in [0.25, 0.3) is 0 Å². The summed E-state index contributed by atoms with van der Waals surface area (Å²) in [5, 5.41) is 0.0648. The molecule has 87 valence electrons. The van der Waals surface area contributed by atoms with Crippen molar-refractivity contribution in [2.45, 2.75) is 0 Å². The summed E-state index contributed by atoms with van der Waals surface area (Å²) in [7, 11) is -4.02. The summed E-state index contributed by atoms with van der Waals surface area (Å²) in [6.07, 6.45) is 0. The molecule has 0 spiro atoms. The number of rotatable bonds is 1. The average molecular weight is 379 g/mol. The van der Waals surface area contributed by atoms with E-state index < -0.39 is 7.60 Å². The molecule has 5 heteroatoms. The fourth-order valence-electron chi connectivity index (χ4n) is 1.06. The summed E-state index contributed by atoms with van der Waals surface area (Å²) < 4.78 is 12.0. The zero-order valence-corrected chi connectivity index (χ0v) is 13.1. The molecule has 2 rings (SSSR count). The van der Waals surface area contributed by atoms with Crippen LogP contribution in [0.4, 0.5) is 0 Å². The van der Waals surface area contributed by atoms with E-state index >= 15 is 0 Å². The molecule has 0 aliphatic carbocycles. The van der Waals surface area contributed by atoms with Gasteiger partial charge in [0.15, 0.2) is 0 Å². The van der Waals surface area contributed by atoms with E-state index in [-0.39, 0.29) is 5.30 Å². The fraction of sp³-hybridized carbons (Fsp3) is 0. The molecule has 0 heterocycles. The molecule has 0 fully saturated rings. The normalized spacial score (nSPS) is 10.2. The number of hydrogen-bond acceptors (Lipinski definition) is 1. The molecule has 0 atom stereocenters. The maximum atomic E-state index is 10.5. The third kappa shape index (κ3) is 6.44. The average Bonchev–Trinajstić information content (AvgIpc) is 2.31. The van der Waals surface area contributed by atoms with Gasteiger partial charge in [-0.2, -0.15) is 0 Å². The summed E-state index contributed by atoms with van der Waals surface area (Å²) in [6, 6.07) is 18.2. The van der Waals surface area contributed by atoms with Crippen molar-refractivity contribution in [3.8, 4) is 0 Å². The van der Waals surface area contributed by atoms with Crippen LogP contribution in [-0.2, 0) is 4.57 Å². The quantitative estimate of drug-likeness (QED) is 0.736. The second-order valence-electron chi connectivity index (χ2n) is 3.25. The molecule has 2 aromatic carbocycles. The van der Waals surface area contributed by atoms with E-state index in [1.807, 2.05) is 6.07 Å². The van der Waals surface area contributed by atoms with E-state index in [2.05, 4.69) is 24.3 Å². The first-order valence-corrected chi connectivity index (χ1v) is 8.09. The van der Waals surface area contributed by atoms with Crippen LogP contribution >= 0.6 is 7.60 Å². The van der Waals surface area contributed by atoms with Crippen LogP contribution in [0, 0.1) is 38.8 Å². The zero-order valence-electron chi connectivity index (χ0n) is 9.02. The number of hydrogen-bond donors (Lipinski definition) is 2. The van der Waals surface area contributed by atoms with Crippen molar-refractivity contribution in [3.05, 3.63) is 60.7 Å². The van der Waals surface area contributed by atoms with Crippen LogP contribution in [0.25, 0.3) is 0 Å². The Labute approximate surface area is 127 Å². The molecule has 0 saturated heterocycles. The van der Waals surface area contributed by atoms with Crippen LogP contribution in [0.1, 0.15) is 0 Å². The van der Waals surface area contributed by atoms with Crippen molar-refractivity contribution < 1.29 is 53.1 Å². The molecule has 0 bridgehead atoms. The van der Waals surface area contributed by atoms with Gasteiger partial charge in [-0.1, -0.05) is 18.2 Å². The van der Waals surface area contributed by atoms with Crippen LogP contribution in [-0.4, -0.2) is 9.79 Å². The molecule has 0 unspecified atom stereocenters. The van der Waals surface area contributed by atoms with Gasteiger partial charge in [-0.25, -0.2) is 0 Å². The standard InChI is InChI=1S/C6H7O3P.C6H5.Nd/c7-10(8,9)6-4-2-1-3-5-6;1-2-4-6-5-3-1;/h1-5H,(H2,7,8,9);1-5H;. The van der Waals surface area contributed by atoms with Crippen molar-refractivity contribution in [2.75, 3.05) is 0 Å². The molecule has 2 aromatic rings. The summed E-state index contributed by atoms with van der Waals surface area (Å²) >= 11 is 1.17. The first-order valence-electron chi connectivity index (χ1n) is 4.88. The number of benzene rings is 2. The third-order valence-corrected chi connectivity index (χ3v) is 3.91. The molecule has 3 nitrogen and oxygen atoms in total. The van der Waals surface area contributed by atoms with Crippen LogP contribution in [0.15, 0.2) is 60.7 Å². The first-order chi connectivity index (χ1) is 8.00. The van der Waals surface area contributed by atoms with E-state index in [1.54, 1.807) is 18.2 Å². The van der Waals surface area contributed by atoms with E-state index in [0.29, 0.717) is 0 Å². The first kappa shape index (κ1) is 15.0. The predicted molar refractivity (Wildman–Crippen MR) is 64.2 cm³/mol. The van der Waals surface area contributed by atoms with E-state index in [1.165, 1.54) is 52.1 Å². The van der Waals surface area contributed by atoms with E-state index in [9.17, 15) is 4.57 Å². The molecule has 0 saturated carbocycles. The molecule has 0 aliphatic rings. The van der Waals surface area contributed by atoms with Crippen LogP contribution in [0.2, 0.25) is 0 Å². The molecule has 0 aromatic heterocycles. The maximum absolute atomic E-state index is 10.5. The van der Waals surface area contributed by atoms with Crippen molar-refractivity contribution in [1.82, 2.24) is 0 Å². The van der Waals surface area contributed by atoms with Gasteiger partial charge < -0.3 is 9.79 Å². The molecule has 17 heavy (non-hydrogen) atoms. The van der Waals surface area contributed by atoms with Crippen LogP contribution in [0.5, 0.6) is 0 Å². The third-order valence-electron chi connectivity index (χ3n) is 1.87. The van der Waals surface area contributed by atoms with Crippen LogP contribution in [0.3, 0.4) is 0 Å². The van der Waals surface area contributed by atoms with Gasteiger partial charge in [-0.15, -0.1) is 0 Å². The van der Waals surface area contributed by atoms with E-state index in [0.717, 1.165) is 0 Å². The summed E-state index contributed by atoms with van der Waals surface area (Å²) in [4.78, 5) is 17.2. The Morgan fingerprint density at radius 3 is 1.47 bits per heavy atom. The second-order valence-corrected chi connectivity index (χ2v) is 6.70. The Balaban J connectivity index is 0.000000181. The minimum absolute atomic E-state index is 0.0648. The Morgan fingerprint density at radius 2 is 1.24 bits per heavy atom. The van der Waals surface area contributed by atoms with Crippen molar-refractivity contribution in [1.29, 1.82) is 0 Å². The molecular formula is C12H12NdO3P. The predicted octanol–water partition coefficient (Wildman–Crippen LogP) is 1.35. The summed E-state index contributed by atoms with van der Waals surface area (Å²) in [5.41, 5.74) is 0. The molecular weight excluding hydrogens is 367 g/mol. The fourth-order valence-corrected chi connectivity index (χ4v) is 2.24. The van der Waals surface area contributed by atoms with Gasteiger partial charge in [0, 0.05) is 0 Å². The van der Waals surface area contributed by atoms with Crippen molar-refractivity contribution >= 4 is 14.1 Å². The van der Waals surface area contributed by atoms with Gasteiger partial charge in [0.1, 0.15) is 0 Å². The summed E-state index contributed by atoms with van der Waals surface area (Å²) in [6.45, 7) is 0. The molecule has 0 radical (unpaired) electrons. The summed E-state index contributed by atoms with van der Waals surface area (Å²) in [5.74, 6) is 0. The molecule has 0 aliphatic heterocycles. The van der Waals surface area contributed by atoms with Gasteiger partial charge in [0.05, 0.1) is 5.30 Å². The van der Waals surface area contributed by atoms with E-state index in [4.69, 9.17) is 9.79 Å². The van der Waals surface area contributed by atoms with Gasteiger partial charge in [-0.3, -0.25) is 4.57 Å². The SMILES string of the molecule is O=P(O)(O)c1ccccc1.[Nd][c]1ccccc1. The monoisotopic (exact) mass is 377 g/mol. The van der Waals surface area contributed by atoms with Gasteiger partial charge in [-0.05, 0) is 12.1 Å². The van der Waals surface area contributed by atoms with Gasteiger partial charge >= 0.3 is 77.9 Å². The Bertz CT molecular complexity index is 482. The molecule has 0 amide bonds. The topological polar surface area (TPSA) is 57.5 Å². The molecule has 2 N–H and O–H groups in total. The van der Waals surface area contributed by atoms with Crippen molar-refractivity contribution in [2.24, 2.45) is 0 Å². The Hall–Kier alpha value is -0.0594. The minimum atomic E-state index is -4.02. The van der Waals surface area contributed by atoms with Crippen LogP contribution < -0.4 is 6.52 Å².